The van der Waals surface area contributed by atoms with Gasteiger partial charge in [-0.3, -0.25) is 0 Å². The summed E-state index contributed by atoms with van der Waals surface area (Å²) in [6.07, 6.45) is 0. The van der Waals surface area contributed by atoms with Crippen molar-refractivity contribution in [2.45, 2.75) is 26.4 Å². The summed E-state index contributed by atoms with van der Waals surface area (Å²) in [5.74, 6) is 0.955. The smallest absolute Gasteiger partial charge is 0.123 e. The van der Waals surface area contributed by atoms with Crippen LogP contribution in [0.1, 0.15) is 29.5 Å². The summed E-state index contributed by atoms with van der Waals surface area (Å²) < 4.78 is 5.92. The summed E-state index contributed by atoms with van der Waals surface area (Å²) in [4.78, 5) is 0. The SMILES string of the molecule is Cc1ccc([C@@H](C)CO)c(OCc2ccccc2)c1. The second-order valence-corrected chi connectivity index (χ2v) is 4.90. The first-order chi connectivity index (χ1) is 9.20. The van der Waals surface area contributed by atoms with Gasteiger partial charge in [-0.15, -0.1) is 0 Å². The molecule has 0 heterocycles. The molecule has 0 saturated carbocycles. The zero-order valence-electron chi connectivity index (χ0n) is 11.5. The van der Waals surface area contributed by atoms with Crippen LogP contribution in [0.5, 0.6) is 5.75 Å². The van der Waals surface area contributed by atoms with Crippen molar-refractivity contribution >= 4 is 0 Å². The highest BCUT2D eigenvalue weighted by Crippen LogP contribution is 2.28. The molecule has 0 unspecified atom stereocenters. The summed E-state index contributed by atoms with van der Waals surface area (Å²) in [6.45, 7) is 4.73. The van der Waals surface area contributed by atoms with Crippen LogP contribution in [-0.4, -0.2) is 11.7 Å². The number of benzene rings is 2. The van der Waals surface area contributed by atoms with Crippen LogP contribution in [0.3, 0.4) is 0 Å². The molecular weight excluding hydrogens is 236 g/mol. The highest BCUT2D eigenvalue weighted by atomic mass is 16.5. The zero-order valence-corrected chi connectivity index (χ0v) is 11.5. The van der Waals surface area contributed by atoms with Gasteiger partial charge >= 0.3 is 0 Å². The fourth-order valence-electron chi connectivity index (χ4n) is 2.01. The Morgan fingerprint density at radius 3 is 2.53 bits per heavy atom. The summed E-state index contributed by atoms with van der Waals surface area (Å²) >= 11 is 0. The predicted octanol–water partition coefficient (Wildman–Crippen LogP) is 3.67. The lowest BCUT2D eigenvalue weighted by atomic mass is 9.99. The first-order valence-corrected chi connectivity index (χ1v) is 6.59. The minimum Gasteiger partial charge on any atom is -0.489 e. The van der Waals surface area contributed by atoms with Crippen LogP contribution < -0.4 is 4.74 Å². The van der Waals surface area contributed by atoms with E-state index >= 15 is 0 Å². The molecule has 0 saturated heterocycles. The molecule has 100 valence electrons. The van der Waals surface area contributed by atoms with Crippen LogP contribution in [0.15, 0.2) is 48.5 Å². The van der Waals surface area contributed by atoms with Crippen molar-refractivity contribution in [3.63, 3.8) is 0 Å². The second-order valence-electron chi connectivity index (χ2n) is 4.90. The number of ether oxygens (including phenoxy) is 1. The second kappa shape index (κ2) is 6.39. The molecule has 0 spiro atoms. The Morgan fingerprint density at radius 2 is 1.84 bits per heavy atom. The number of aliphatic hydroxyl groups is 1. The first-order valence-electron chi connectivity index (χ1n) is 6.59. The highest BCUT2D eigenvalue weighted by Gasteiger charge is 2.11. The molecule has 0 aromatic heterocycles. The van der Waals surface area contributed by atoms with E-state index in [1.807, 2.05) is 56.3 Å². The molecule has 1 N–H and O–H groups in total. The van der Waals surface area contributed by atoms with Gasteiger partial charge in [0.25, 0.3) is 0 Å². The first kappa shape index (κ1) is 13.6. The lowest BCUT2D eigenvalue weighted by molar-refractivity contribution is 0.262. The molecule has 1 atom stereocenters. The van der Waals surface area contributed by atoms with Crippen LogP contribution >= 0.6 is 0 Å². The lowest BCUT2D eigenvalue weighted by Gasteiger charge is -2.16. The Morgan fingerprint density at radius 1 is 1.11 bits per heavy atom. The van der Waals surface area contributed by atoms with Crippen LogP contribution in [0.2, 0.25) is 0 Å². The Labute approximate surface area is 114 Å². The van der Waals surface area contributed by atoms with Crippen molar-refractivity contribution in [2.24, 2.45) is 0 Å². The van der Waals surface area contributed by atoms with Gasteiger partial charge in [-0.2, -0.15) is 0 Å². The fraction of sp³-hybridized carbons (Fsp3) is 0.294. The Bertz CT molecular complexity index is 520. The van der Waals surface area contributed by atoms with Gasteiger partial charge in [0.2, 0.25) is 0 Å². The van der Waals surface area contributed by atoms with Crippen molar-refractivity contribution in [3.8, 4) is 5.75 Å². The van der Waals surface area contributed by atoms with Crippen molar-refractivity contribution in [2.75, 3.05) is 6.61 Å². The third-order valence-corrected chi connectivity index (χ3v) is 3.21. The molecular formula is C17H20O2. The molecule has 2 heteroatoms. The maximum absolute atomic E-state index is 9.31. The number of hydrogen-bond donors (Lipinski definition) is 1. The van der Waals surface area contributed by atoms with E-state index in [0.29, 0.717) is 6.61 Å². The Balaban J connectivity index is 2.16. The van der Waals surface area contributed by atoms with Crippen molar-refractivity contribution in [1.29, 1.82) is 0 Å². The van der Waals surface area contributed by atoms with Crippen LogP contribution in [0, 0.1) is 6.92 Å². The Hall–Kier alpha value is -1.80. The van der Waals surface area contributed by atoms with Gasteiger partial charge in [-0.25, -0.2) is 0 Å². The summed E-state index contributed by atoms with van der Waals surface area (Å²) in [6, 6.07) is 16.2. The summed E-state index contributed by atoms with van der Waals surface area (Å²) in [5.41, 5.74) is 3.37. The van der Waals surface area contributed by atoms with Gasteiger partial charge in [0, 0.05) is 12.5 Å². The lowest BCUT2D eigenvalue weighted by Crippen LogP contribution is -2.04. The Kier molecular flexibility index (Phi) is 4.58. The highest BCUT2D eigenvalue weighted by molar-refractivity contribution is 5.39. The predicted molar refractivity (Wildman–Crippen MR) is 77.5 cm³/mol. The van der Waals surface area contributed by atoms with Gasteiger partial charge in [0.05, 0.1) is 0 Å². The van der Waals surface area contributed by atoms with E-state index in [1.165, 1.54) is 0 Å². The molecule has 0 aliphatic heterocycles. The topological polar surface area (TPSA) is 29.5 Å². The van der Waals surface area contributed by atoms with E-state index in [1.54, 1.807) is 0 Å². The molecule has 2 rings (SSSR count). The molecule has 0 bridgehead atoms. The molecule has 2 aromatic rings. The molecule has 2 aromatic carbocycles. The third-order valence-electron chi connectivity index (χ3n) is 3.21. The minimum atomic E-state index is 0.0892. The van der Waals surface area contributed by atoms with Gasteiger partial charge < -0.3 is 9.84 Å². The molecule has 0 fully saturated rings. The monoisotopic (exact) mass is 256 g/mol. The van der Waals surface area contributed by atoms with E-state index in [-0.39, 0.29) is 12.5 Å². The van der Waals surface area contributed by atoms with Crippen LogP contribution in [0.25, 0.3) is 0 Å². The van der Waals surface area contributed by atoms with Gasteiger partial charge in [-0.05, 0) is 29.7 Å². The largest absolute Gasteiger partial charge is 0.489 e. The van der Waals surface area contributed by atoms with Crippen LogP contribution in [0.4, 0.5) is 0 Å². The van der Waals surface area contributed by atoms with E-state index in [2.05, 4.69) is 6.07 Å². The third kappa shape index (κ3) is 3.58. The standard InChI is InChI=1S/C17H20O2/c1-13-8-9-16(14(2)11-18)17(10-13)19-12-15-6-4-3-5-7-15/h3-10,14,18H,11-12H2,1-2H3/t14-/m0/s1. The molecule has 0 aliphatic rings. The maximum Gasteiger partial charge on any atom is 0.123 e. The van der Waals surface area contributed by atoms with E-state index in [4.69, 9.17) is 4.74 Å². The normalized spacial score (nSPS) is 12.2. The summed E-state index contributed by atoms with van der Waals surface area (Å²) in [5, 5.41) is 9.31. The number of rotatable bonds is 5. The number of hydrogen-bond acceptors (Lipinski definition) is 2. The molecule has 0 aliphatic carbocycles. The molecule has 19 heavy (non-hydrogen) atoms. The van der Waals surface area contributed by atoms with E-state index in [0.717, 1.165) is 22.4 Å². The quantitative estimate of drug-likeness (QED) is 0.884. The molecule has 0 radical (unpaired) electrons. The van der Waals surface area contributed by atoms with Gasteiger partial charge in [0.15, 0.2) is 0 Å². The van der Waals surface area contributed by atoms with Gasteiger partial charge in [-0.1, -0.05) is 49.4 Å². The number of aryl methyl sites for hydroxylation is 1. The zero-order chi connectivity index (χ0) is 13.7. The minimum absolute atomic E-state index is 0.0892. The van der Waals surface area contributed by atoms with E-state index < -0.39 is 0 Å². The van der Waals surface area contributed by atoms with Crippen LogP contribution in [-0.2, 0) is 6.61 Å². The van der Waals surface area contributed by atoms with Gasteiger partial charge in [0.1, 0.15) is 12.4 Å². The molecule has 0 amide bonds. The van der Waals surface area contributed by atoms with Crippen molar-refractivity contribution in [3.05, 3.63) is 65.2 Å². The van der Waals surface area contributed by atoms with Crippen molar-refractivity contribution in [1.82, 2.24) is 0 Å². The number of aliphatic hydroxyl groups excluding tert-OH is 1. The van der Waals surface area contributed by atoms with E-state index in [9.17, 15) is 5.11 Å². The average Bonchev–Trinajstić information content (AvgIpc) is 2.45. The fourth-order valence-corrected chi connectivity index (χ4v) is 2.01. The summed E-state index contributed by atoms with van der Waals surface area (Å²) in [7, 11) is 0. The molecule has 2 nitrogen and oxygen atoms in total. The maximum atomic E-state index is 9.31. The van der Waals surface area contributed by atoms with Crippen molar-refractivity contribution < 1.29 is 9.84 Å². The average molecular weight is 256 g/mol.